The van der Waals surface area contributed by atoms with Gasteiger partial charge < -0.3 is 15.4 Å². The summed E-state index contributed by atoms with van der Waals surface area (Å²) >= 11 is 0. The Morgan fingerprint density at radius 2 is 1.87 bits per heavy atom. The summed E-state index contributed by atoms with van der Waals surface area (Å²) in [5, 5.41) is 15.9. The van der Waals surface area contributed by atoms with Crippen LogP contribution in [0.4, 0.5) is 16.2 Å². The molecule has 156 valence electrons. The Bertz CT molecular complexity index is 1010. The Morgan fingerprint density at radius 3 is 2.50 bits per heavy atom. The van der Waals surface area contributed by atoms with E-state index >= 15 is 0 Å². The van der Waals surface area contributed by atoms with E-state index in [1.54, 1.807) is 31.2 Å². The quantitative estimate of drug-likeness (QED) is 0.407. The van der Waals surface area contributed by atoms with E-state index in [2.05, 4.69) is 10.6 Å². The van der Waals surface area contributed by atoms with Crippen LogP contribution in [-0.2, 0) is 16.0 Å². The number of methoxy groups -OCH3 is 1. The summed E-state index contributed by atoms with van der Waals surface area (Å²) in [5.41, 5.74) is -0.281. The molecule has 0 aromatic heterocycles. The molecule has 0 aliphatic carbocycles. The third-order valence-corrected chi connectivity index (χ3v) is 4.75. The van der Waals surface area contributed by atoms with Crippen LogP contribution in [0.5, 0.6) is 5.75 Å². The highest BCUT2D eigenvalue weighted by Gasteiger charge is 2.48. The first-order valence-electron chi connectivity index (χ1n) is 9.04. The van der Waals surface area contributed by atoms with Crippen LogP contribution in [0.25, 0.3) is 0 Å². The van der Waals surface area contributed by atoms with Gasteiger partial charge in [-0.15, -0.1) is 0 Å². The topological polar surface area (TPSA) is 131 Å². The van der Waals surface area contributed by atoms with Crippen molar-refractivity contribution in [3.63, 3.8) is 0 Å². The van der Waals surface area contributed by atoms with Gasteiger partial charge in [-0.1, -0.05) is 18.2 Å². The van der Waals surface area contributed by atoms with Crippen molar-refractivity contribution in [1.82, 2.24) is 10.2 Å². The molecule has 1 saturated heterocycles. The Hall–Kier alpha value is -3.95. The van der Waals surface area contributed by atoms with Gasteiger partial charge in [0.15, 0.2) is 0 Å². The fourth-order valence-corrected chi connectivity index (χ4v) is 3.25. The van der Waals surface area contributed by atoms with E-state index in [1.807, 2.05) is 0 Å². The van der Waals surface area contributed by atoms with Gasteiger partial charge in [0, 0.05) is 24.2 Å². The summed E-state index contributed by atoms with van der Waals surface area (Å²) < 4.78 is 5.30. The molecule has 1 atom stereocenters. The number of hydrogen-bond acceptors (Lipinski definition) is 6. The molecule has 1 aliphatic heterocycles. The van der Waals surface area contributed by atoms with Crippen molar-refractivity contribution in [3.8, 4) is 5.75 Å². The minimum Gasteiger partial charge on any atom is -0.496 e. The van der Waals surface area contributed by atoms with Gasteiger partial charge in [0.25, 0.3) is 11.6 Å². The number of nitrogens with one attached hydrogen (secondary N) is 2. The number of rotatable bonds is 7. The van der Waals surface area contributed by atoms with E-state index < -0.39 is 34.9 Å². The second-order valence-corrected chi connectivity index (χ2v) is 6.99. The lowest BCUT2D eigenvalue weighted by Crippen LogP contribution is -2.46. The average molecular weight is 412 g/mol. The number of carbonyl (C=O) groups excluding carboxylic acids is 3. The van der Waals surface area contributed by atoms with Gasteiger partial charge in [-0.3, -0.25) is 24.6 Å². The highest BCUT2D eigenvalue weighted by molar-refractivity contribution is 6.10. The zero-order valence-electron chi connectivity index (χ0n) is 16.4. The molecular weight excluding hydrogens is 392 g/mol. The molecule has 1 heterocycles. The summed E-state index contributed by atoms with van der Waals surface area (Å²) in [6.07, 6.45) is 0.196. The molecule has 0 bridgehead atoms. The summed E-state index contributed by atoms with van der Waals surface area (Å²) in [6.45, 7) is 1.11. The van der Waals surface area contributed by atoms with Crippen molar-refractivity contribution in [2.24, 2.45) is 0 Å². The summed E-state index contributed by atoms with van der Waals surface area (Å²) in [5.74, 6) is -0.540. The molecule has 0 saturated carbocycles. The van der Waals surface area contributed by atoms with E-state index in [4.69, 9.17) is 4.74 Å². The number of urea groups is 1. The number of nitro benzene ring substituents is 1. The lowest BCUT2D eigenvalue weighted by Gasteiger charge is -2.22. The van der Waals surface area contributed by atoms with Crippen LogP contribution < -0.4 is 15.4 Å². The maximum absolute atomic E-state index is 12.9. The average Bonchev–Trinajstić information content (AvgIpc) is 2.91. The molecule has 0 spiro atoms. The smallest absolute Gasteiger partial charge is 0.325 e. The SMILES string of the molecule is COc1ccccc1C[C@@]1(C)NC(=O)N(CC(=O)Nc2ccc([N+](=O)[O-])cc2)C1=O. The first kappa shape index (κ1) is 20.8. The number of nitro groups is 1. The number of amides is 4. The van der Waals surface area contributed by atoms with Crippen molar-refractivity contribution >= 4 is 29.2 Å². The van der Waals surface area contributed by atoms with Gasteiger partial charge >= 0.3 is 6.03 Å². The van der Waals surface area contributed by atoms with Crippen molar-refractivity contribution < 1.29 is 24.0 Å². The normalized spacial score (nSPS) is 18.1. The largest absolute Gasteiger partial charge is 0.496 e. The van der Waals surface area contributed by atoms with Crippen molar-refractivity contribution in [1.29, 1.82) is 0 Å². The predicted octanol–water partition coefficient (Wildman–Crippen LogP) is 2.10. The first-order chi connectivity index (χ1) is 14.2. The fraction of sp³-hybridized carbons (Fsp3) is 0.250. The van der Waals surface area contributed by atoms with Gasteiger partial charge in [-0.25, -0.2) is 4.79 Å². The van der Waals surface area contributed by atoms with E-state index in [0.717, 1.165) is 10.5 Å². The highest BCUT2D eigenvalue weighted by Crippen LogP contribution is 2.27. The van der Waals surface area contributed by atoms with Crippen molar-refractivity contribution in [2.75, 3.05) is 19.0 Å². The van der Waals surface area contributed by atoms with Crippen LogP contribution in [0.3, 0.4) is 0 Å². The molecule has 1 aliphatic rings. The van der Waals surface area contributed by atoms with Gasteiger partial charge in [-0.05, 0) is 30.7 Å². The number of hydrogen-bond donors (Lipinski definition) is 2. The molecule has 10 nitrogen and oxygen atoms in total. The zero-order valence-corrected chi connectivity index (χ0v) is 16.4. The van der Waals surface area contributed by atoms with Crippen LogP contribution >= 0.6 is 0 Å². The Kier molecular flexibility index (Phi) is 5.67. The highest BCUT2D eigenvalue weighted by atomic mass is 16.6. The monoisotopic (exact) mass is 412 g/mol. The molecule has 2 N–H and O–H groups in total. The van der Waals surface area contributed by atoms with Gasteiger partial charge in [-0.2, -0.15) is 0 Å². The fourth-order valence-electron chi connectivity index (χ4n) is 3.25. The number of non-ortho nitro benzene ring substituents is 1. The number of imide groups is 1. The van der Waals surface area contributed by atoms with Crippen molar-refractivity contribution in [2.45, 2.75) is 18.9 Å². The zero-order chi connectivity index (χ0) is 21.9. The Morgan fingerprint density at radius 1 is 1.20 bits per heavy atom. The minimum absolute atomic E-state index is 0.116. The molecule has 2 aromatic carbocycles. The number of carbonyl (C=O) groups is 3. The van der Waals surface area contributed by atoms with Crippen LogP contribution in [0, 0.1) is 10.1 Å². The van der Waals surface area contributed by atoms with Gasteiger partial charge in [0.1, 0.15) is 17.8 Å². The molecule has 0 radical (unpaired) electrons. The van der Waals surface area contributed by atoms with Gasteiger partial charge in [0.2, 0.25) is 5.91 Å². The second-order valence-electron chi connectivity index (χ2n) is 6.99. The van der Waals surface area contributed by atoms with E-state index in [1.165, 1.54) is 31.4 Å². The lowest BCUT2D eigenvalue weighted by molar-refractivity contribution is -0.384. The Balaban J connectivity index is 1.68. The third-order valence-electron chi connectivity index (χ3n) is 4.75. The first-order valence-corrected chi connectivity index (χ1v) is 9.04. The standard InChI is InChI=1S/C20H20N4O6/c1-20(11-13-5-3-4-6-16(13)30-2)18(26)23(19(27)22-20)12-17(25)21-14-7-9-15(10-8-14)24(28)29/h3-10H,11-12H2,1-2H3,(H,21,25)(H,22,27)/t20-/m1/s1. The molecule has 1 fully saturated rings. The molecule has 4 amide bonds. The van der Waals surface area contributed by atoms with Crippen molar-refractivity contribution in [3.05, 3.63) is 64.2 Å². The number of ether oxygens (including phenoxy) is 1. The van der Waals surface area contributed by atoms with E-state index in [-0.39, 0.29) is 12.1 Å². The minimum atomic E-state index is -1.22. The van der Waals surface area contributed by atoms with Gasteiger partial charge in [0.05, 0.1) is 12.0 Å². The van der Waals surface area contributed by atoms with E-state index in [9.17, 15) is 24.5 Å². The third kappa shape index (κ3) is 4.22. The summed E-state index contributed by atoms with van der Waals surface area (Å²) in [7, 11) is 1.52. The maximum Gasteiger partial charge on any atom is 0.325 e. The number of para-hydroxylation sites is 1. The predicted molar refractivity (Wildman–Crippen MR) is 107 cm³/mol. The summed E-state index contributed by atoms with van der Waals surface area (Å²) in [4.78, 5) is 48.5. The number of benzene rings is 2. The number of anilines is 1. The van der Waals surface area contributed by atoms with Crippen LogP contribution in [0.2, 0.25) is 0 Å². The molecule has 0 unspecified atom stereocenters. The number of nitrogens with zero attached hydrogens (tertiary/aromatic N) is 2. The van der Waals surface area contributed by atoms with Crippen LogP contribution in [-0.4, -0.2) is 46.9 Å². The second kappa shape index (κ2) is 8.19. The molecule has 2 aromatic rings. The molecular formula is C20H20N4O6. The molecule has 10 heteroatoms. The molecule has 30 heavy (non-hydrogen) atoms. The lowest BCUT2D eigenvalue weighted by atomic mass is 9.92. The molecule has 3 rings (SSSR count). The summed E-state index contributed by atoms with van der Waals surface area (Å²) in [6, 6.07) is 11.7. The van der Waals surface area contributed by atoms with E-state index in [0.29, 0.717) is 11.4 Å². The van der Waals surface area contributed by atoms with Crippen LogP contribution in [0.15, 0.2) is 48.5 Å². The maximum atomic E-state index is 12.9. The Labute approximate surface area is 172 Å². The van der Waals surface area contributed by atoms with Crippen LogP contribution in [0.1, 0.15) is 12.5 Å².